The van der Waals surface area contributed by atoms with Crippen LogP contribution >= 0.6 is 0 Å². The van der Waals surface area contributed by atoms with Crippen LogP contribution in [0.1, 0.15) is 39.2 Å². The Morgan fingerprint density at radius 3 is 2.20 bits per heavy atom. The number of allylic oxidation sites excluding steroid dienone is 5. The zero-order chi connectivity index (χ0) is 30.6. The molecule has 3 nitrogen and oxygen atoms in total. The summed E-state index contributed by atoms with van der Waals surface area (Å²) in [6.07, 6.45) is 7.84. The number of furan rings is 1. The van der Waals surface area contributed by atoms with Gasteiger partial charge in [-0.15, -0.1) is 0 Å². The largest absolute Gasteiger partial charge is 0.456 e. The molecule has 0 saturated carbocycles. The fourth-order valence-electron chi connectivity index (χ4n) is 7.02. The summed E-state index contributed by atoms with van der Waals surface area (Å²) in [6.45, 7) is 0. The number of carbonyl (C=O) groups is 1. The van der Waals surface area contributed by atoms with Gasteiger partial charge in [0.15, 0.2) is 5.78 Å². The first-order valence-corrected chi connectivity index (χ1v) is 15.6. The molecule has 0 fully saturated rings. The molecule has 216 valence electrons. The second-order valence-electron chi connectivity index (χ2n) is 11.8. The first-order chi connectivity index (χ1) is 22.7. The van der Waals surface area contributed by atoms with E-state index in [1.165, 1.54) is 10.9 Å². The predicted octanol–water partition coefficient (Wildman–Crippen LogP) is 10.8. The number of aryl methyl sites for hydroxylation is 1. The first-order valence-electron chi connectivity index (χ1n) is 15.6. The van der Waals surface area contributed by atoms with Gasteiger partial charge in [-0.05, 0) is 78.1 Å². The van der Waals surface area contributed by atoms with E-state index in [2.05, 4.69) is 107 Å². The number of benzene rings is 5. The third-order valence-corrected chi connectivity index (χ3v) is 9.18. The molecule has 5 aromatic carbocycles. The highest BCUT2D eigenvalue weighted by Gasteiger charge is 2.34. The van der Waals surface area contributed by atoms with E-state index in [1.807, 2.05) is 42.5 Å². The van der Waals surface area contributed by atoms with Crippen molar-refractivity contribution in [2.24, 2.45) is 0 Å². The SMILES string of the molecule is O=C1C2=CC=C=C=C2c2cccc(N(c3ccc(C4=CCCc5c4oc4ccccc54)cc3)c3ccc(-c4ccccc4)cc3)c21. The average Bonchev–Trinajstić information content (AvgIpc) is 3.65. The number of Topliss-reactive ketones (excluding diaryl/α,β-unsaturated/α-hetero) is 1. The Morgan fingerprint density at radius 1 is 0.674 bits per heavy atom. The normalized spacial score (nSPS) is 14.3. The van der Waals surface area contributed by atoms with Crippen LogP contribution in [0, 0.1) is 0 Å². The maximum Gasteiger partial charge on any atom is 0.197 e. The van der Waals surface area contributed by atoms with Gasteiger partial charge in [-0.2, -0.15) is 0 Å². The van der Waals surface area contributed by atoms with E-state index < -0.39 is 0 Å². The molecule has 0 bridgehead atoms. The molecular weight excluding hydrogens is 562 g/mol. The van der Waals surface area contributed by atoms with Gasteiger partial charge >= 0.3 is 0 Å². The van der Waals surface area contributed by atoms with Crippen LogP contribution in [0.3, 0.4) is 0 Å². The van der Waals surface area contributed by atoms with Crippen LogP contribution in [-0.4, -0.2) is 5.78 Å². The van der Waals surface area contributed by atoms with E-state index in [1.54, 1.807) is 6.08 Å². The molecule has 3 aliphatic carbocycles. The highest BCUT2D eigenvalue weighted by Crippen LogP contribution is 2.46. The Morgan fingerprint density at radius 2 is 1.39 bits per heavy atom. The summed E-state index contributed by atoms with van der Waals surface area (Å²) in [7, 11) is 0. The summed E-state index contributed by atoms with van der Waals surface area (Å²) >= 11 is 0. The minimum absolute atomic E-state index is 0.0122. The third kappa shape index (κ3) is 4.12. The third-order valence-electron chi connectivity index (χ3n) is 9.18. The quantitative estimate of drug-likeness (QED) is 0.188. The summed E-state index contributed by atoms with van der Waals surface area (Å²) < 4.78 is 6.39. The molecule has 0 N–H and O–H groups in total. The van der Waals surface area contributed by atoms with Crippen LogP contribution in [0.25, 0.3) is 33.2 Å². The second-order valence-corrected chi connectivity index (χ2v) is 11.8. The molecule has 6 aromatic rings. The molecule has 46 heavy (non-hydrogen) atoms. The van der Waals surface area contributed by atoms with E-state index >= 15 is 0 Å². The Kier molecular flexibility index (Phi) is 6.01. The van der Waals surface area contributed by atoms with Crippen LogP contribution in [-0.2, 0) is 6.42 Å². The molecule has 0 aliphatic heterocycles. The number of nitrogens with zero attached hydrogens (tertiary/aromatic N) is 1. The molecule has 1 aromatic heterocycles. The monoisotopic (exact) mass is 589 g/mol. The van der Waals surface area contributed by atoms with Gasteiger partial charge in [0.2, 0.25) is 0 Å². The van der Waals surface area contributed by atoms with Gasteiger partial charge in [0.25, 0.3) is 0 Å². The van der Waals surface area contributed by atoms with Crippen molar-refractivity contribution in [3.63, 3.8) is 0 Å². The summed E-state index contributed by atoms with van der Waals surface area (Å²) in [5.41, 5.74) is 18.8. The van der Waals surface area contributed by atoms with Crippen LogP contribution in [0.4, 0.5) is 17.1 Å². The number of rotatable bonds is 5. The lowest BCUT2D eigenvalue weighted by molar-refractivity contribution is 0.104. The maximum absolute atomic E-state index is 13.9. The number of hydrogen-bond acceptors (Lipinski definition) is 3. The van der Waals surface area contributed by atoms with Crippen molar-refractivity contribution in [3.05, 3.63) is 185 Å². The zero-order valence-electron chi connectivity index (χ0n) is 25.0. The maximum atomic E-state index is 13.9. The first kappa shape index (κ1) is 26.3. The zero-order valence-corrected chi connectivity index (χ0v) is 25.0. The Balaban J connectivity index is 1.17. The molecule has 0 unspecified atom stereocenters. The highest BCUT2D eigenvalue weighted by molar-refractivity contribution is 6.29. The molecule has 0 spiro atoms. The summed E-state index contributed by atoms with van der Waals surface area (Å²) in [6, 6.07) is 41.9. The molecule has 0 atom stereocenters. The van der Waals surface area contributed by atoms with E-state index in [0.29, 0.717) is 11.1 Å². The number of anilines is 3. The smallest absolute Gasteiger partial charge is 0.197 e. The van der Waals surface area contributed by atoms with Gasteiger partial charge in [0.1, 0.15) is 11.3 Å². The van der Waals surface area contributed by atoms with Crippen molar-refractivity contribution in [2.45, 2.75) is 12.8 Å². The molecule has 0 saturated heterocycles. The Bertz CT molecular complexity index is 2370. The minimum atomic E-state index is 0.0122. The minimum Gasteiger partial charge on any atom is -0.456 e. The summed E-state index contributed by atoms with van der Waals surface area (Å²) in [5, 5.41) is 1.20. The Hall–Kier alpha value is -6.11. The van der Waals surface area contributed by atoms with Gasteiger partial charge in [-0.1, -0.05) is 102 Å². The fraction of sp³-hybridized carbons (Fsp3) is 0.0465. The molecule has 3 aliphatic rings. The van der Waals surface area contributed by atoms with E-state index in [4.69, 9.17) is 4.42 Å². The van der Waals surface area contributed by atoms with Crippen molar-refractivity contribution in [3.8, 4) is 11.1 Å². The topological polar surface area (TPSA) is 33.5 Å². The number of hydrogen-bond donors (Lipinski definition) is 0. The lowest BCUT2D eigenvalue weighted by Gasteiger charge is -2.27. The summed E-state index contributed by atoms with van der Waals surface area (Å²) in [4.78, 5) is 16.1. The van der Waals surface area contributed by atoms with E-state index in [9.17, 15) is 4.79 Å². The van der Waals surface area contributed by atoms with Gasteiger partial charge in [-0.25, -0.2) is 0 Å². The Labute approximate surface area is 267 Å². The van der Waals surface area contributed by atoms with E-state index in [0.717, 1.165) is 74.6 Å². The van der Waals surface area contributed by atoms with Crippen molar-refractivity contribution < 1.29 is 9.21 Å². The van der Waals surface area contributed by atoms with Gasteiger partial charge in [0.05, 0.1) is 11.3 Å². The lowest BCUT2D eigenvalue weighted by Crippen LogP contribution is -2.14. The van der Waals surface area contributed by atoms with Gasteiger partial charge < -0.3 is 9.32 Å². The van der Waals surface area contributed by atoms with Crippen LogP contribution in [0.2, 0.25) is 0 Å². The molecular formula is C43H27NO2. The summed E-state index contributed by atoms with van der Waals surface area (Å²) in [5.74, 6) is 0.976. The van der Waals surface area contributed by atoms with Crippen LogP contribution in [0.5, 0.6) is 0 Å². The average molecular weight is 590 g/mol. The molecule has 1 heterocycles. The number of para-hydroxylation sites is 1. The fourth-order valence-corrected chi connectivity index (χ4v) is 7.02. The second kappa shape index (κ2) is 10.5. The van der Waals surface area contributed by atoms with Crippen molar-refractivity contribution in [2.75, 3.05) is 4.90 Å². The highest BCUT2D eigenvalue weighted by atomic mass is 16.3. The standard InChI is InChI=1S/C43H27NO2/c45-42-37-14-5-4-12-34(37)36-16-9-18-39(41(36)42)44(31-24-20-29(21-25-31)28-10-2-1-3-11-28)32-26-22-30(23-27-32)33-15-8-17-38-35-13-6-7-19-40(35)46-43(33)38/h1-3,5-7,9-11,13-16,18-27H,8,17H2. The molecule has 0 amide bonds. The lowest BCUT2D eigenvalue weighted by atomic mass is 9.91. The van der Waals surface area contributed by atoms with Crippen molar-refractivity contribution >= 4 is 45.0 Å². The molecule has 3 heteroatoms. The van der Waals surface area contributed by atoms with E-state index in [-0.39, 0.29) is 5.78 Å². The number of carbonyl (C=O) groups excluding carboxylic acids is 1. The van der Waals surface area contributed by atoms with Crippen molar-refractivity contribution in [1.29, 1.82) is 0 Å². The van der Waals surface area contributed by atoms with Gasteiger partial charge in [-0.3, -0.25) is 4.79 Å². The molecule has 0 radical (unpaired) electrons. The molecule has 9 rings (SSSR count). The van der Waals surface area contributed by atoms with Crippen LogP contribution < -0.4 is 4.90 Å². The van der Waals surface area contributed by atoms with Crippen molar-refractivity contribution in [1.82, 2.24) is 0 Å². The van der Waals surface area contributed by atoms with Crippen LogP contribution in [0.15, 0.2) is 161 Å². The van der Waals surface area contributed by atoms with Gasteiger partial charge in [0, 0.05) is 44.6 Å². The predicted molar refractivity (Wildman–Crippen MR) is 186 cm³/mol. The number of ketones is 1. The number of fused-ring (bicyclic) bond motifs is 6.